The number of benzene rings is 1. The number of piperidine rings is 1. The van der Waals surface area contributed by atoms with E-state index < -0.39 is 16.0 Å². The molecular weight excluding hydrogens is 304 g/mol. The van der Waals surface area contributed by atoms with Crippen molar-refractivity contribution < 1.29 is 17.9 Å². The lowest BCUT2D eigenvalue weighted by atomic mass is 10.00. The van der Waals surface area contributed by atoms with E-state index in [9.17, 15) is 13.2 Å². The summed E-state index contributed by atoms with van der Waals surface area (Å²) in [6.07, 6.45) is 2.60. The maximum atomic E-state index is 12.8. The third-order valence-electron chi connectivity index (χ3n) is 3.99. The van der Waals surface area contributed by atoms with Gasteiger partial charge in [0.15, 0.2) is 0 Å². The summed E-state index contributed by atoms with van der Waals surface area (Å²) >= 11 is 0. The Bertz CT molecular complexity index is 625. The number of carbonyl (C=O) groups excluding carboxylic acids is 1. The summed E-state index contributed by atoms with van der Waals surface area (Å²) in [4.78, 5) is 11.6. The van der Waals surface area contributed by atoms with E-state index in [1.807, 2.05) is 6.92 Å². The molecule has 0 spiro atoms. The molecule has 2 unspecified atom stereocenters. The molecule has 1 aliphatic heterocycles. The zero-order valence-electron chi connectivity index (χ0n) is 12.9. The van der Waals surface area contributed by atoms with E-state index in [0.717, 1.165) is 19.3 Å². The minimum Gasteiger partial charge on any atom is -0.465 e. The van der Waals surface area contributed by atoms with Crippen molar-refractivity contribution in [2.75, 3.05) is 13.7 Å². The molecule has 1 aliphatic rings. The topological polar surface area (TPSA) is 89.7 Å². The van der Waals surface area contributed by atoms with Crippen molar-refractivity contribution in [2.45, 2.75) is 43.2 Å². The largest absolute Gasteiger partial charge is 0.465 e. The summed E-state index contributed by atoms with van der Waals surface area (Å²) in [6.45, 7) is 2.31. The Morgan fingerprint density at radius 1 is 1.32 bits per heavy atom. The van der Waals surface area contributed by atoms with Gasteiger partial charge in [-0.25, -0.2) is 13.2 Å². The van der Waals surface area contributed by atoms with Gasteiger partial charge >= 0.3 is 5.97 Å². The van der Waals surface area contributed by atoms with Crippen molar-refractivity contribution in [2.24, 2.45) is 5.73 Å². The molecule has 0 bridgehead atoms. The Labute approximate surface area is 131 Å². The van der Waals surface area contributed by atoms with Crippen molar-refractivity contribution >= 4 is 16.0 Å². The molecule has 0 radical (unpaired) electrons. The SMILES string of the molecule is COC(=O)c1ccc(S(=O)(=O)N2CCCCC2C(C)N)cc1. The van der Waals surface area contributed by atoms with Crippen molar-refractivity contribution in [1.82, 2.24) is 4.31 Å². The average Bonchev–Trinajstić information content (AvgIpc) is 2.54. The van der Waals surface area contributed by atoms with Crippen LogP contribution in [-0.2, 0) is 14.8 Å². The molecule has 0 amide bonds. The van der Waals surface area contributed by atoms with Gasteiger partial charge in [-0.1, -0.05) is 6.42 Å². The van der Waals surface area contributed by atoms with Crippen LogP contribution in [-0.4, -0.2) is 44.4 Å². The highest BCUT2D eigenvalue weighted by Crippen LogP contribution is 2.26. The summed E-state index contributed by atoms with van der Waals surface area (Å²) in [5.41, 5.74) is 6.27. The fraction of sp³-hybridized carbons (Fsp3) is 0.533. The number of methoxy groups -OCH3 is 1. The molecule has 7 heteroatoms. The highest BCUT2D eigenvalue weighted by molar-refractivity contribution is 7.89. The van der Waals surface area contributed by atoms with Crippen LogP contribution in [0.3, 0.4) is 0 Å². The van der Waals surface area contributed by atoms with Crippen LogP contribution in [0.5, 0.6) is 0 Å². The van der Waals surface area contributed by atoms with Crippen molar-refractivity contribution in [3.05, 3.63) is 29.8 Å². The second-order valence-electron chi connectivity index (χ2n) is 5.55. The van der Waals surface area contributed by atoms with Gasteiger partial charge in [0.05, 0.1) is 17.6 Å². The maximum Gasteiger partial charge on any atom is 0.337 e. The molecule has 0 aromatic heterocycles. The molecule has 2 atom stereocenters. The zero-order valence-corrected chi connectivity index (χ0v) is 13.7. The predicted molar refractivity (Wildman–Crippen MR) is 83.0 cm³/mol. The Balaban J connectivity index is 2.30. The van der Waals surface area contributed by atoms with Crippen molar-refractivity contribution in [3.8, 4) is 0 Å². The van der Waals surface area contributed by atoms with Gasteiger partial charge in [0.2, 0.25) is 10.0 Å². The number of rotatable bonds is 4. The number of hydrogen-bond donors (Lipinski definition) is 1. The lowest BCUT2D eigenvalue weighted by Crippen LogP contribution is -2.51. The van der Waals surface area contributed by atoms with Gasteiger partial charge in [-0.2, -0.15) is 4.31 Å². The summed E-state index contributed by atoms with van der Waals surface area (Å²) < 4.78 is 31.7. The number of nitrogens with two attached hydrogens (primary N) is 1. The Morgan fingerprint density at radius 2 is 1.95 bits per heavy atom. The van der Waals surface area contributed by atoms with Gasteiger partial charge in [-0.05, 0) is 44.0 Å². The first kappa shape index (κ1) is 16.9. The van der Waals surface area contributed by atoms with Crippen molar-refractivity contribution in [1.29, 1.82) is 0 Å². The fourth-order valence-corrected chi connectivity index (χ4v) is 4.54. The summed E-state index contributed by atoms with van der Waals surface area (Å²) in [5.74, 6) is -0.490. The minimum absolute atomic E-state index is 0.174. The van der Waals surface area contributed by atoms with Crippen LogP contribution in [0.1, 0.15) is 36.5 Å². The Hall–Kier alpha value is -1.44. The third-order valence-corrected chi connectivity index (χ3v) is 5.93. The zero-order chi connectivity index (χ0) is 16.3. The lowest BCUT2D eigenvalue weighted by Gasteiger charge is -2.36. The number of carbonyl (C=O) groups is 1. The smallest absolute Gasteiger partial charge is 0.337 e. The third kappa shape index (κ3) is 3.31. The first-order valence-electron chi connectivity index (χ1n) is 7.33. The molecule has 1 fully saturated rings. The van der Waals surface area contributed by atoms with Gasteiger partial charge in [0.25, 0.3) is 0 Å². The second kappa shape index (κ2) is 6.76. The van der Waals surface area contributed by atoms with Crippen LogP contribution >= 0.6 is 0 Å². The molecule has 0 aliphatic carbocycles. The minimum atomic E-state index is -3.60. The summed E-state index contributed by atoms with van der Waals surface area (Å²) in [5, 5.41) is 0. The molecule has 0 saturated carbocycles. The van der Waals surface area contributed by atoms with E-state index in [-0.39, 0.29) is 17.0 Å². The summed E-state index contributed by atoms with van der Waals surface area (Å²) in [7, 11) is -2.32. The molecule has 2 N–H and O–H groups in total. The molecule has 1 heterocycles. The van der Waals surface area contributed by atoms with Crippen LogP contribution < -0.4 is 5.73 Å². The van der Waals surface area contributed by atoms with E-state index in [1.165, 1.54) is 35.7 Å². The van der Waals surface area contributed by atoms with Gasteiger partial charge in [-0.3, -0.25) is 0 Å². The van der Waals surface area contributed by atoms with Gasteiger partial charge < -0.3 is 10.5 Å². The van der Waals surface area contributed by atoms with E-state index >= 15 is 0 Å². The molecule has 1 aromatic rings. The maximum absolute atomic E-state index is 12.8. The first-order valence-corrected chi connectivity index (χ1v) is 8.77. The standard InChI is InChI=1S/C15H22N2O4S/c1-11(16)14-5-3-4-10-17(14)22(19,20)13-8-6-12(7-9-13)15(18)21-2/h6-9,11,14H,3-5,10,16H2,1-2H3. The monoisotopic (exact) mass is 326 g/mol. The van der Waals surface area contributed by atoms with Crippen molar-refractivity contribution in [3.63, 3.8) is 0 Å². The number of nitrogens with zero attached hydrogens (tertiary/aromatic N) is 1. The quantitative estimate of drug-likeness (QED) is 0.844. The molecule has 6 nitrogen and oxygen atoms in total. The van der Waals surface area contributed by atoms with E-state index in [4.69, 9.17) is 5.73 Å². The van der Waals surface area contributed by atoms with Gasteiger partial charge in [0.1, 0.15) is 0 Å². The molecule has 122 valence electrons. The van der Waals surface area contributed by atoms with Gasteiger partial charge in [0, 0.05) is 18.6 Å². The normalized spacial score (nSPS) is 21.3. The van der Waals surface area contributed by atoms with Crippen LogP contribution in [0.25, 0.3) is 0 Å². The predicted octanol–water partition coefficient (Wildman–Crippen LogP) is 1.36. The van der Waals surface area contributed by atoms with E-state index in [2.05, 4.69) is 4.74 Å². The van der Waals surface area contributed by atoms with E-state index in [1.54, 1.807) is 0 Å². The molecule has 22 heavy (non-hydrogen) atoms. The molecular formula is C15H22N2O4S. The molecule has 1 saturated heterocycles. The highest BCUT2D eigenvalue weighted by atomic mass is 32.2. The number of esters is 1. The van der Waals surface area contributed by atoms with Crippen LogP contribution in [0, 0.1) is 0 Å². The van der Waals surface area contributed by atoms with E-state index in [0.29, 0.717) is 12.1 Å². The Kier molecular flexibility index (Phi) is 5.20. The number of sulfonamides is 1. The Morgan fingerprint density at radius 3 is 2.50 bits per heavy atom. The van der Waals surface area contributed by atoms with Crippen LogP contribution in [0.2, 0.25) is 0 Å². The molecule has 2 rings (SSSR count). The average molecular weight is 326 g/mol. The first-order chi connectivity index (χ1) is 10.4. The van der Waals surface area contributed by atoms with Crippen LogP contribution in [0.4, 0.5) is 0 Å². The second-order valence-corrected chi connectivity index (χ2v) is 7.44. The van der Waals surface area contributed by atoms with Crippen LogP contribution in [0.15, 0.2) is 29.2 Å². The number of hydrogen-bond acceptors (Lipinski definition) is 5. The highest BCUT2D eigenvalue weighted by Gasteiger charge is 2.35. The summed E-state index contributed by atoms with van der Waals surface area (Å²) in [6, 6.07) is 5.40. The van der Waals surface area contributed by atoms with Gasteiger partial charge in [-0.15, -0.1) is 0 Å². The fourth-order valence-electron chi connectivity index (χ4n) is 2.77. The lowest BCUT2D eigenvalue weighted by molar-refractivity contribution is 0.0600. The number of ether oxygens (including phenoxy) is 1. The molecule has 1 aromatic carbocycles.